The highest BCUT2D eigenvalue weighted by atomic mass is 16.4. The van der Waals surface area contributed by atoms with E-state index in [1.54, 1.807) is 12.1 Å². The van der Waals surface area contributed by atoms with E-state index in [0.717, 1.165) is 0 Å². The summed E-state index contributed by atoms with van der Waals surface area (Å²) in [5, 5.41) is 11.1. The molecule has 1 rings (SSSR count). The van der Waals surface area contributed by atoms with Gasteiger partial charge in [-0.15, -0.1) is 0 Å². The summed E-state index contributed by atoms with van der Waals surface area (Å²) in [6.07, 6.45) is -0.0567. The molecule has 0 radical (unpaired) electrons. The molecule has 12 heavy (non-hydrogen) atoms. The van der Waals surface area contributed by atoms with Crippen molar-refractivity contribution < 1.29 is 9.90 Å². The van der Waals surface area contributed by atoms with Gasteiger partial charge in [0.25, 0.3) is 0 Å². The molecule has 0 bridgehead atoms. The van der Waals surface area contributed by atoms with Crippen LogP contribution in [0.25, 0.3) is 0 Å². The second kappa shape index (κ2) is 3.66. The molecule has 0 saturated carbocycles. The number of rotatable bonds is 4. The molecule has 1 aromatic heterocycles. The highest BCUT2D eigenvalue weighted by molar-refractivity contribution is 5.69. The quantitative estimate of drug-likeness (QED) is 0.655. The minimum Gasteiger partial charge on any atom is -0.481 e. The van der Waals surface area contributed by atoms with E-state index >= 15 is 0 Å². The van der Waals surface area contributed by atoms with Crippen molar-refractivity contribution in [1.82, 2.24) is 4.98 Å². The monoisotopic (exact) mass is 168 g/mol. The Morgan fingerprint density at radius 1 is 1.50 bits per heavy atom. The number of aromatic nitrogens is 1. The van der Waals surface area contributed by atoms with Crippen LogP contribution in [-0.2, 0) is 17.8 Å². The van der Waals surface area contributed by atoms with Gasteiger partial charge in [-0.1, -0.05) is 5.18 Å². The second-order valence-corrected chi connectivity index (χ2v) is 2.37. The number of hydrogen-bond acceptors (Lipinski definition) is 3. The van der Waals surface area contributed by atoms with Crippen LogP contribution in [0.3, 0.4) is 0 Å². The molecule has 5 heteroatoms. The fraction of sp³-hybridized carbons (Fsp3) is 0.286. The molecule has 1 aromatic rings. The van der Waals surface area contributed by atoms with Gasteiger partial charge in [-0.2, -0.15) is 4.91 Å². The molecule has 0 amide bonds. The Balaban J connectivity index is 2.63. The first-order valence-corrected chi connectivity index (χ1v) is 3.40. The van der Waals surface area contributed by atoms with E-state index < -0.39 is 5.97 Å². The fourth-order valence-corrected chi connectivity index (χ4v) is 0.919. The number of carboxylic acids is 1. The fourth-order valence-electron chi connectivity index (χ4n) is 0.919. The van der Waals surface area contributed by atoms with Crippen LogP contribution in [0.2, 0.25) is 0 Å². The van der Waals surface area contributed by atoms with E-state index in [4.69, 9.17) is 5.11 Å². The molecule has 0 unspecified atom stereocenters. The maximum Gasteiger partial charge on any atom is 0.309 e. The average Bonchev–Trinajstić information content (AvgIpc) is 2.36. The van der Waals surface area contributed by atoms with E-state index in [9.17, 15) is 9.70 Å². The van der Waals surface area contributed by atoms with Crippen molar-refractivity contribution in [3.63, 3.8) is 0 Å². The second-order valence-electron chi connectivity index (χ2n) is 2.37. The summed E-state index contributed by atoms with van der Waals surface area (Å²) in [5.74, 6) is -0.900. The van der Waals surface area contributed by atoms with Crippen LogP contribution >= 0.6 is 0 Å². The maximum atomic E-state index is 10.2. The van der Waals surface area contributed by atoms with Gasteiger partial charge in [0, 0.05) is 11.4 Å². The Labute approximate surface area is 68.4 Å². The smallest absolute Gasteiger partial charge is 0.309 e. The van der Waals surface area contributed by atoms with Crippen LogP contribution in [0.4, 0.5) is 0 Å². The zero-order valence-corrected chi connectivity index (χ0v) is 6.28. The summed E-state index contributed by atoms with van der Waals surface area (Å²) in [6, 6.07) is 3.29. The number of aromatic amines is 1. The molecule has 0 aliphatic carbocycles. The van der Waals surface area contributed by atoms with E-state index in [1.807, 2.05) is 0 Å². The maximum absolute atomic E-state index is 10.2. The van der Waals surface area contributed by atoms with Gasteiger partial charge >= 0.3 is 5.97 Å². The molecule has 0 aliphatic rings. The number of aliphatic carboxylic acids is 1. The average molecular weight is 168 g/mol. The van der Waals surface area contributed by atoms with Gasteiger partial charge in [0.1, 0.15) is 6.54 Å². The number of nitroso groups, excluding NO2 is 1. The summed E-state index contributed by atoms with van der Waals surface area (Å²) >= 11 is 0. The summed E-state index contributed by atoms with van der Waals surface area (Å²) in [6.45, 7) is 0.0552. The summed E-state index contributed by atoms with van der Waals surface area (Å²) < 4.78 is 0. The molecule has 0 atom stereocenters. The van der Waals surface area contributed by atoms with Crippen molar-refractivity contribution in [3.8, 4) is 0 Å². The minimum atomic E-state index is -0.900. The van der Waals surface area contributed by atoms with Crippen molar-refractivity contribution in [1.29, 1.82) is 0 Å². The number of nitrogens with zero attached hydrogens (tertiary/aromatic N) is 1. The van der Waals surface area contributed by atoms with Crippen molar-refractivity contribution >= 4 is 5.97 Å². The third kappa shape index (κ3) is 2.19. The van der Waals surface area contributed by atoms with Gasteiger partial charge in [0.2, 0.25) is 0 Å². The molecule has 1 heterocycles. The van der Waals surface area contributed by atoms with Crippen LogP contribution < -0.4 is 0 Å². The number of H-pyrrole nitrogens is 1. The first-order valence-electron chi connectivity index (χ1n) is 3.40. The predicted molar refractivity (Wildman–Crippen MR) is 41.6 cm³/mol. The molecular weight excluding hydrogens is 160 g/mol. The lowest BCUT2D eigenvalue weighted by Gasteiger charge is -1.90. The topological polar surface area (TPSA) is 82.5 Å². The Bertz CT molecular complexity index is 293. The molecule has 5 nitrogen and oxygen atoms in total. The van der Waals surface area contributed by atoms with Crippen LogP contribution in [0, 0.1) is 4.91 Å². The Morgan fingerprint density at radius 3 is 2.75 bits per heavy atom. The van der Waals surface area contributed by atoms with Crippen LogP contribution in [0.1, 0.15) is 11.4 Å². The van der Waals surface area contributed by atoms with Crippen molar-refractivity contribution in [2.45, 2.75) is 13.0 Å². The van der Waals surface area contributed by atoms with Gasteiger partial charge < -0.3 is 10.1 Å². The summed E-state index contributed by atoms with van der Waals surface area (Å²) in [7, 11) is 0. The standard InChI is InChI=1S/C7H8N2O3/c10-7(11)3-5-1-2-6(9-5)4-8-12/h1-2,9H,3-4H2,(H,10,11). The molecule has 0 aliphatic heterocycles. The third-order valence-corrected chi connectivity index (χ3v) is 1.38. The Morgan fingerprint density at radius 2 is 2.17 bits per heavy atom. The van der Waals surface area contributed by atoms with Gasteiger partial charge in [0.05, 0.1) is 6.42 Å². The number of hydrogen-bond donors (Lipinski definition) is 2. The van der Waals surface area contributed by atoms with Crippen molar-refractivity contribution in [2.75, 3.05) is 0 Å². The molecule has 64 valence electrons. The summed E-state index contributed by atoms with van der Waals surface area (Å²) in [4.78, 5) is 22.8. The third-order valence-electron chi connectivity index (χ3n) is 1.38. The molecule has 0 aromatic carbocycles. The van der Waals surface area contributed by atoms with Gasteiger partial charge in [-0.25, -0.2) is 0 Å². The lowest BCUT2D eigenvalue weighted by Crippen LogP contribution is -2.00. The Hall–Kier alpha value is -1.65. The number of carbonyl (C=O) groups is 1. The lowest BCUT2D eigenvalue weighted by atomic mass is 10.3. The molecular formula is C7H8N2O3. The van der Waals surface area contributed by atoms with E-state index in [0.29, 0.717) is 11.4 Å². The minimum absolute atomic E-state index is 0.0552. The molecule has 0 fully saturated rings. The lowest BCUT2D eigenvalue weighted by molar-refractivity contribution is -0.136. The molecule has 0 saturated heterocycles. The largest absolute Gasteiger partial charge is 0.481 e. The highest BCUT2D eigenvalue weighted by Gasteiger charge is 2.02. The molecule has 2 N–H and O–H groups in total. The van der Waals surface area contributed by atoms with Crippen LogP contribution in [0.15, 0.2) is 17.3 Å². The highest BCUT2D eigenvalue weighted by Crippen LogP contribution is 2.03. The SMILES string of the molecule is O=NCc1ccc(CC(=O)O)[nH]1. The van der Waals surface area contributed by atoms with Crippen molar-refractivity contribution in [3.05, 3.63) is 28.4 Å². The van der Waals surface area contributed by atoms with Gasteiger partial charge in [-0.05, 0) is 12.1 Å². The predicted octanol–water partition coefficient (Wildman–Crippen LogP) is 0.908. The first kappa shape index (κ1) is 8.45. The van der Waals surface area contributed by atoms with Crippen molar-refractivity contribution in [2.24, 2.45) is 5.18 Å². The normalized spacial score (nSPS) is 9.67. The van der Waals surface area contributed by atoms with Crippen LogP contribution in [0.5, 0.6) is 0 Å². The molecule has 0 spiro atoms. The van der Waals surface area contributed by atoms with E-state index in [2.05, 4.69) is 10.2 Å². The van der Waals surface area contributed by atoms with Crippen LogP contribution in [-0.4, -0.2) is 16.1 Å². The van der Waals surface area contributed by atoms with E-state index in [1.165, 1.54) is 0 Å². The summed E-state index contributed by atoms with van der Waals surface area (Å²) in [5.41, 5.74) is 1.22. The van der Waals surface area contributed by atoms with Gasteiger partial charge in [0.15, 0.2) is 0 Å². The number of carboxylic acid groups (broad SMARTS) is 1. The zero-order valence-electron chi connectivity index (χ0n) is 6.28. The number of nitrogens with one attached hydrogen (secondary N) is 1. The zero-order chi connectivity index (χ0) is 8.97. The van der Waals surface area contributed by atoms with E-state index in [-0.39, 0.29) is 13.0 Å². The Kier molecular flexibility index (Phi) is 2.57. The first-order chi connectivity index (χ1) is 5.72. The van der Waals surface area contributed by atoms with Gasteiger partial charge in [-0.3, -0.25) is 4.79 Å².